The fraction of sp³-hybridized carbons (Fsp3) is 0.222. The third-order valence-electron chi connectivity index (χ3n) is 6.55. The Morgan fingerprint density at radius 3 is 2.32 bits per heavy atom. The van der Waals surface area contributed by atoms with E-state index in [2.05, 4.69) is 49.4 Å². The van der Waals surface area contributed by atoms with E-state index < -0.39 is 10.0 Å². The molecule has 0 radical (unpaired) electrons. The molecule has 0 unspecified atom stereocenters. The van der Waals surface area contributed by atoms with Gasteiger partial charge in [-0.3, -0.25) is 9.71 Å². The largest absolute Gasteiger partial charge is 0.351 e. The fourth-order valence-corrected chi connectivity index (χ4v) is 5.96. The van der Waals surface area contributed by atoms with Crippen molar-refractivity contribution in [2.24, 2.45) is 0 Å². The van der Waals surface area contributed by atoms with Crippen LogP contribution in [-0.2, 0) is 10.0 Å². The zero-order valence-electron chi connectivity index (χ0n) is 21.0. The van der Waals surface area contributed by atoms with Crippen molar-refractivity contribution >= 4 is 38.7 Å². The smallest absolute Gasteiger partial charge is 0.229 e. The molecule has 1 aromatic carbocycles. The Morgan fingerprint density at radius 1 is 0.973 bits per heavy atom. The maximum Gasteiger partial charge on any atom is 0.229 e. The van der Waals surface area contributed by atoms with Crippen LogP contribution >= 0.6 is 12.2 Å². The number of anilines is 2. The summed E-state index contributed by atoms with van der Waals surface area (Å²) in [7, 11) is -3.39. The van der Waals surface area contributed by atoms with E-state index in [0.29, 0.717) is 10.8 Å². The SMILES string of the molecule is Cc1cc(N2C(=S)N[C@H](c3ccccn3)[C@@H]2c2cc(C)n(-c3ccccn3)c2C)ccc1NS(C)(=O)=O. The van der Waals surface area contributed by atoms with E-state index in [1.54, 1.807) is 18.5 Å². The van der Waals surface area contributed by atoms with Crippen LogP contribution in [-0.4, -0.2) is 34.3 Å². The first-order chi connectivity index (χ1) is 17.6. The number of aromatic nitrogens is 3. The number of benzene rings is 1. The summed E-state index contributed by atoms with van der Waals surface area (Å²) in [6, 6.07) is 19.1. The molecule has 37 heavy (non-hydrogen) atoms. The minimum atomic E-state index is -3.39. The molecule has 2 N–H and O–H groups in total. The Morgan fingerprint density at radius 2 is 1.70 bits per heavy atom. The van der Waals surface area contributed by atoms with Gasteiger partial charge in [-0.1, -0.05) is 12.1 Å². The van der Waals surface area contributed by atoms with E-state index in [4.69, 9.17) is 12.2 Å². The highest BCUT2D eigenvalue weighted by molar-refractivity contribution is 7.92. The molecule has 10 heteroatoms. The highest BCUT2D eigenvalue weighted by atomic mass is 32.2. The van der Waals surface area contributed by atoms with E-state index in [9.17, 15) is 8.42 Å². The quantitative estimate of drug-likeness (QED) is 0.347. The maximum absolute atomic E-state index is 11.8. The number of rotatable bonds is 6. The molecule has 0 spiro atoms. The lowest BCUT2D eigenvalue weighted by atomic mass is 9.96. The molecule has 4 heterocycles. The summed E-state index contributed by atoms with van der Waals surface area (Å²) < 4.78 is 28.3. The average molecular weight is 533 g/mol. The molecule has 0 amide bonds. The Hall–Kier alpha value is -3.76. The van der Waals surface area contributed by atoms with Gasteiger partial charge in [0.2, 0.25) is 10.0 Å². The van der Waals surface area contributed by atoms with Gasteiger partial charge in [0.1, 0.15) is 5.82 Å². The second kappa shape index (κ2) is 9.60. The first kappa shape index (κ1) is 24.9. The topological polar surface area (TPSA) is 92.2 Å². The van der Waals surface area contributed by atoms with Gasteiger partial charge in [0.05, 0.1) is 29.7 Å². The number of hydrogen-bond acceptors (Lipinski definition) is 5. The maximum atomic E-state index is 11.8. The van der Waals surface area contributed by atoms with Gasteiger partial charge in [0, 0.05) is 29.5 Å². The van der Waals surface area contributed by atoms with Gasteiger partial charge in [0.25, 0.3) is 0 Å². The van der Waals surface area contributed by atoms with Gasteiger partial charge >= 0.3 is 0 Å². The summed E-state index contributed by atoms with van der Waals surface area (Å²) in [6.07, 6.45) is 4.72. The molecule has 1 aliphatic rings. The van der Waals surface area contributed by atoms with Crippen molar-refractivity contribution in [2.75, 3.05) is 15.9 Å². The van der Waals surface area contributed by atoms with Gasteiger partial charge in [-0.15, -0.1) is 0 Å². The molecule has 2 atom stereocenters. The number of pyridine rings is 2. The van der Waals surface area contributed by atoms with Crippen LogP contribution in [0.25, 0.3) is 5.82 Å². The van der Waals surface area contributed by atoms with Crippen LogP contribution in [0.1, 0.15) is 40.3 Å². The van der Waals surface area contributed by atoms with Gasteiger partial charge in [-0.2, -0.15) is 0 Å². The van der Waals surface area contributed by atoms with Gasteiger partial charge in [-0.05, 0) is 92.6 Å². The van der Waals surface area contributed by atoms with Crippen molar-refractivity contribution in [3.05, 3.63) is 101 Å². The number of nitrogens with one attached hydrogen (secondary N) is 2. The van der Waals surface area contributed by atoms with Crippen molar-refractivity contribution in [3.8, 4) is 5.82 Å². The molecule has 1 fully saturated rings. The van der Waals surface area contributed by atoms with Crippen molar-refractivity contribution in [3.63, 3.8) is 0 Å². The minimum absolute atomic E-state index is 0.194. The molecule has 4 aromatic rings. The summed E-state index contributed by atoms with van der Waals surface area (Å²) in [5.41, 5.74) is 6.30. The Bertz CT molecular complexity index is 1570. The lowest BCUT2D eigenvalue weighted by Gasteiger charge is -2.28. The lowest BCUT2D eigenvalue weighted by Crippen LogP contribution is -2.29. The summed E-state index contributed by atoms with van der Waals surface area (Å²) in [4.78, 5) is 11.3. The Balaban J connectivity index is 1.65. The second-order valence-corrected chi connectivity index (χ2v) is 11.4. The molecular weight excluding hydrogens is 504 g/mol. The predicted octanol–water partition coefficient (Wildman–Crippen LogP) is 4.74. The van der Waals surface area contributed by atoms with Crippen molar-refractivity contribution in [1.82, 2.24) is 19.9 Å². The molecule has 0 saturated carbocycles. The molecule has 190 valence electrons. The van der Waals surface area contributed by atoms with Gasteiger partial charge < -0.3 is 14.8 Å². The standard InChI is InChI=1S/C27H28N6O2S2/c1-17-15-20(11-12-22(17)31-37(4,34)35)33-26(25(30-27(33)36)23-9-5-7-13-28-23)21-16-18(2)32(19(21)3)24-10-6-8-14-29-24/h5-16,25-26,31H,1-4H3,(H,30,36)/t25-,26+/m1/s1. The van der Waals surface area contributed by atoms with E-state index in [1.807, 2.05) is 55.5 Å². The highest BCUT2D eigenvalue weighted by Gasteiger charge is 2.42. The van der Waals surface area contributed by atoms with E-state index in [0.717, 1.165) is 46.0 Å². The van der Waals surface area contributed by atoms with E-state index in [1.165, 1.54) is 0 Å². The summed E-state index contributed by atoms with van der Waals surface area (Å²) in [5, 5.41) is 4.07. The zero-order valence-corrected chi connectivity index (χ0v) is 22.6. The molecule has 0 bridgehead atoms. The Labute approximate surface area is 222 Å². The molecule has 5 rings (SSSR count). The lowest BCUT2D eigenvalue weighted by molar-refractivity contribution is 0.565. The van der Waals surface area contributed by atoms with Crippen LogP contribution < -0.4 is 14.9 Å². The monoisotopic (exact) mass is 532 g/mol. The summed E-state index contributed by atoms with van der Waals surface area (Å²) >= 11 is 5.87. The third kappa shape index (κ3) is 4.82. The third-order valence-corrected chi connectivity index (χ3v) is 7.45. The first-order valence-corrected chi connectivity index (χ1v) is 14.1. The summed E-state index contributed by atoms with van der Waals surface area (Å²) in [5.74, 6) is 0.852. The van der Waals surface area contributed by atoms with Gasteiger partial charge in [-0.25, -0.2) is 13.4 Å². The molecule has 0 aliphatic carbocycles. The number of sulfonamides is 1. The predicted molar refractivity (Wildman–Crippen MR) is 151 cm³/mol. The number of aryl methyl sites for hydroxylation is 2. The van der Waals surface area contributed by atoms with Crippen LogP contribution in [0.15, 0.2) is 73.1 Å². The average Bonchev–Trinajstić information content (AvgIpc) is 3.35. The fourth-order valence-electron chi connectivity index (χ4n) is 4.99. The molecule has 1 aliphatic heterocycles. The number of hydrogen-bond donors (Lipinski definition) is 2. The molecular formula is C27H28N6O2S2. The molecule has 1 saturated heterocycles. The van der Waals surface area contributed by atoms with Crippen molar-refractivity contribution in [2.45, 2.75) is 32.9 Å². The second-order valence-electron chi connectivity index (χ2n) is 9.22. The summed E-state index contributed by atoms with van der Waals surface area (Å²) in [6.45, 7) is 6.04. The van der Waals surface area contributed by atoms with E-state index >= 15 is 0 Å². The van der Waals surface area contributed by atoms with Crippen LogP contribution in [0.5, 0.6) is 0 Å². The first-order valence-electron chi connectivity index (χ1n) is 11.8. The van der Waals surface area contributed by atoms with Crippen LogP contribution in [0.4, 0.5) is 11.4 Å². The number of nitrogens with zero attached hydrogens (tertiary/aromatic N) is 4. The highest BCUT2D eigenvalue weighted by Crippen LogP contribution is 2.44. The molecule has 8 nitrogen and oxygen atoms in total. The Kier molecular flexibility index (Phi) is 6.47. The van der Waals surface area contributed by atoms with Crippen molar-refractivity contribution < 1.29 is 8.42 Å². The van der Waals surface area contributed by atoms with E-state index in [-0.39, 0.29) is 12.1 Å². The zero-order chi connectivity index (χ0) is 26.3. The number of thiocarbonyl (C=S) groups is 1. The van der Waals surface area contributed by atoms with Crippen molar-refractivity contribution in [1.29, 1.82) is 0 Å². The van der Waals surface area contributed by atoms with Gasteiger partial charge in [0.15, 0.2) is 5.11 Å². The normalized spacial score (nSPS) is 17.6. The van der Waals surface area contributed by atoms with Crippen LogP contribution in [0.2, 0.25) is 0 Å². The molecule has 3 aromatic heterocycles. The van der Waals surface area contributed by atoms with Crippen LogP contribution in [0.3, 0.4) is 0 Å². The minimum Gasteiger partial charge on any atom is -0.351 e. The van der Waals surface area contributed by atoms with Crippen LogP contribution in [0, 0.1) is 20.8 Å².